The molecule has 1 atom stereocenters. The molecule has 0 amide bonds. The topological polar surface area (TPSA) is 60.7 Å². The summed E-state index contributed by atoms with van der Waals surface area (Å²) in [6.45, 7) is 12.0. The largest absolute Gasteiger partial charge is 0.508 e. The van der Waals surface area contributed by atoms with E-state index in [0.717, 1.165) is 37.7 Å². The van der Waals surface area contributed by atoms with E-state index in [1.165, 1.54) is 16.7 Å². The van der Waals surface area contributed by atoms with Crippen LogP contribution in [0.2, 0.25) is 0 Å². The second kappa shape index (κ2) is 12.4. The lowest BCUT2D eigenvalue weighted by Crippen LogP contribution is -2.19. The van der Waals surface area contributed by atoms with Gasteiger partial charge in [-0.3, -0.25) is 0 Å². The second-order valence-corrected chi connectivity index (χ2v) is 8.90. The Balaban J connectivity index is 2.47. The highest BCUT2D eigenvalue weighted by Crippen LogP contribution is 2.28. The van der Waals surface area contributed by atoms with Gasteiger partial charge in [0.2, 0.25) is 0 Å². The van der Waals surface area contributed by atoms with Gasteiger partial charge >= 0.3 is 0 Å². The third-order valence-electron chi connectivity index (χ3n) is 5.19. The van der Waals surface area contributed by atoms with E-state index < -0.39 is 5.60 Å². The summed E-state index contributed by atoms with van der Waals surface area (Å²) in [4.78, 5) is 0. The van der Waals surface area contributed by atoms with Gasteiger partial charge in [-0.15, -0.1) is 0 Å². The Kier molecular flexibility index (Phi) is 10.7. The number of hydrogen-bond acceptors (Lipinski definition) is 3. The first-order valence-electron chi connectivity index (χ1n) is 10.9. The number of hydrogen-bond donors (Lipinski definition) is 3. The maximum absolute atomic E-state index is 10.4. The van der Waals surface area contributed by atoms with Crippen molar-refractivity contribution in [3.63, 3.8) is 0 Å². The van der Waals surface area contributed by atoms with Crippen molar-refractivity contribution in [2.45, 2.75) is 85.7 Å². The Morgan fingerprint density at radius 1 is 0.967 bits per heavy atom. The molecule has 166 valence electrons. The zero-order valence-corrected chi connectivity index (χ0v) is 19.6. The van der Waals surface area contributed by atoms with E-state index in [2.05, 4.69) is 52.0 Å². The molecule has 0 bridgehead atoms. The summed E-state index contributed by atoms with van der Waals surface area (Å²) in [6.07, 6.45) is 15.5. The number of aryl methyl sites for hydroxylation is 1. The summed E-state index contributed by atoms with van der Waals surface area (Å²) < 4.78 is 0. The molecular formula is C27H40O3. The lowest BCUT2D eigenvalue weighted by molar-refractivity contribution is 0.103. The third kappa shape index (κ3) is 10.5. The number of allylic oxidation sites excluding steroid dienone is 7. The number of rotatable bonds is 11. The fraction of sp³-hybridized carbons (Fsp3) is 0.481. The van der Waals surface area contributed by atoms with E-state index in [0.29, 0.717) is 12.0 Å². The summed E-state index contributed by atoms with van der Waals surface area (Å²) in [7, 11) is 0. The van der Waals surface area contributed by atoms with Crippen LogP contribution in [0.5, 0.6) is 11.5 Å². The molecule has 1 aromatic rings. The van der Waals surface area contributed by atoms with Crippen LogP contribution in [0, 0.1) is 6.92 Å². The SMILES string of the molecule is CC(C)=CCCC(C)(O)/C=C/C/C(C)=C/CC/C(C)=C/Cc1cc(O)cc(C)c1O. The zero-order chi connectivity index (χ0) is 22.7. The molecule has 1 aromatic carbocycles. The molecule has 1 rings (SSSR count). The van der Waals surface area contributed by atoms with Crippen LogP contribution in [0.3, 0.4) is 0 Å². The normalized spacial score (nSPS) is 14.8. The van der Waals surface area contributed by atoms with Crippen LogP contribution in [-0.4, -0.2) is 20.9 Å². The molecule has 0 aliphatic heterocycles. The van der Waals surface area contributed by atoms with Crippen LogP contribution < -0.4 is 0 Å². The predicted molar refractivity (Wildman–Crippen MR) is 128 cm³/mol. The molecule has 0 radical (unpaired) electrons. The summed E-state index contributed by atoms with van der Waals surface area (Å²) in [5, 5.41) is 30.2. The van der Waals surface area contributed by atoms with Gasteiger partial charge in [0.25, 0.3) is 0 Å². The smallest absolute Gasteiger partial charge is 0.122 e. The minimum atomic E-state index is -0.763. The Bertz CT molecular complexity index is 804. The standard InChI is InChI=1S/C27H40O3/c1-20(2)10-8-16-27(6,30)17-9-13-21(3)11-7-12-22(4)14-15-24-19-25(28)18-23(5)26(24)29/h9-11,14,17-19,28-30H,7-8,12-13,15-16H2,1-6H3/b17-9+,21-11+,22-14+. The molecule has 0 saturated heterocycles. The third-order valence-corrected chi connectivity index (χ3v) is 5.19. The molecule has 3 N–H and O–H groups in total. The lowest BCUT2D eigenvalue weighted by atomic mass is 9.98. The van der Waals surface area contributed by atoms with E-state index in [-0.39, 0.29) is 11.5 Å². The zero-order valence-electron chi connectivity index (χ0n) is 19.6. The Morgan fingerprint density at radius 2 is 1.67 bits per heavy atom. The van der Waals surface area contributed by atoms with Crippen molar-refractivity contribution >= 4 is 0 Å². The quantitative estimate of drug-likeness (QED) is 0.269. The fourth-order valence-electron chi connectivity index (χ4n) is 3.24. The van der Waals surface area contributed by atoms with Crippen molar-refractivity contribution in [2.75, 3.05) is 0 Å². The fourth-order valence-corrected chi connectivity index (χ4v) is 3.24. The maximum atomic E-state index is 10.4. The molecule has 0 fully saturated rings. The minimum absolute atomic E-state index is 0.189. The average molecular weight is 413 g/mol. The molecule has 1 unspecified atom stereocenters. The van der Waals surface area contributed by atoms with Gasteiger partial charge in [-0.2, -0.15) is 0 Å². The molecule has 0 aliphatic carbocycles. The summed E-state index contributed by atoms with van der Waals surface area (Å²) >= 11 is 0. The van der Waals surface area contributed by atoms with Crippen molar-refractivity contribution in [1.29, 1.82) is 0 Å². The number of benzene rings is 1. The van der Waals surface area contributed by atoms with Crippen LogP contribution in [-0.2, 0) is 6.42 Å². The molecule has 0 heterocycles. The van der Waals surface area contributed by atoms with E-state index >= 15 is 0 Å². The van der Waals surface area contributed by atoms with Crippen LogP contribution in [0.1, 0.15) is 77.8 Å². The highest BCUT2D eigenvalue weighted by atomic mass is 16.3. The number of phenolic OH excluding ortho intramolecular Hbond substituents is 2. The van der Waals surface area contributed by atoms with Crippen LogP contribution in [0.4, 0.5) is 0 Å². The summed E-state index contributed by atoms with van der Waals surface area (Å²) in [5.74, 6) is 0.449. The Labute approximate surface area is 183 Å². The van der Waals surface area contributed by atoms with Crippen LogP contribution >= 0.6 is 0 Å². The molecule has 3 heteroatoms. The van der Waals surface area contributed by atoms with Crippen molar-refractivity contribution in [3.05, 3.63) is 70.4 Å². The first-order valence-corrected chi connectivity index (χ1v) is 10.9. The molecule has 0 saturated carbocycles. The highest BCUT2D eigenvalue weighted by molar-refractivity contribution is 5.46. The van der Waals surface area contributed by atoms with Gasteiger partial charge in [0, 0.05) is 5.56 Å². The van der Waals surface area contributed by atoms with Gasteiger partial charge < -0.3 is 15.3 Å². The van der Waals surface area contributed by atoms with Crippen molar-refractivity contribution < 1.29 is 15.3 Å². The molecular weight excluding hydrogens is 372 g/mol. The van der Waals surface area contributed by atoms with Gasteiger partial charge in [-0.25, -0.2) is 0 Å². The summed E-state index contributed by atoms with van der Waals surface area (Å²) in [6, 6.07) is 3.19. The second-order valence-electron chi connectivity index (χ2n) is 8.90. The van der Waals surface area contributed by atoms with E-state index in [1.807, 2.05) is 13.0 Å². The van der Waals surface area contributed by atoms with Gasteiger partial charge in [0.15, 0.2) is 0 Å². The minimum Gasteiger partial charge on any atom is -0.508 e. The molecule has 30 heavy (non-hydrogen) atoms. The molecule has 0 spiro atoms. The first kappa shape index (κ1) is 25.8. The van der Waals surface area contributed by atoms with E-state index in [9.17, 15) is 15.3 Å². The van der Waals surface area contributed by atoms with Crippen molar-refractivity contribution in [3.8, 4) is 11.5 Å². The van der Waals surface area contributed by atoms with E-state index in [1.54, 1.807) is 19.1 Å². The molecule has 0 aliphatic rings. The first-order chi connectivity index (χ1) is 14.0. The Hall–Kier alpha value is -2.26. The van der Waals surface area contributed by atoms with Gasteiger partial charge in [-0.05, 0) is 97.8 Å². The van der Waals surface area contributed by atoms with Crippen molar-refractivity contribution in [1.82, 2.24) is 0 Å². The van der Waals surface area contributed by atoms with Gasteiger partial charge in [0.05, 0.1) is 5.60 Å². The van der Waals surface area contributed by atoms with Crippen LogP contribution in [0.25, 0.3) is 0 Å². The Morgan fingerprint density at radius 3 is 2.33 bits per heavy atom. The van der Waals surface area contributed by atoms with E-state index in [4.69, 9.17) is 0 Å². The number of phenols is 2. The van der Waals surface area contributed by atoms with Gasteiger partial charge in [0.1, 0.15) is 11.5 Å². The lowest BCUT2D eigenvalue weighted by Gasteiger charge is -2.18. The molecule has 3 nitrogen and oxygen atoms in total. The molecule has 0 aromatic heterocycles. The van der Waals surface area contributed by atoms with Crippen LogP contribution in [0.15, 0.2) is 59.2 Å². The number of aliphatic hydroxyl groups is 1. The van der Waals surface area contributed by atoms with Gasteiger partial charge in [-0.1, -0.05) is 47.1 Å². The monoisotopic (exact) mass is 412 g/mol. The maximum Gasteiger partial charge on any atom is 0.122 e. The predicted octanol–water partition coefficient (Wildman–Crippen LogP) is 7.07. The average Bonchev–Trinajstić information content (AvgIpc) is 2.62. The summed E-state index contributed by atoms with van der Waals surface area (Å²) in [5.41, 5.74) is 4.52. The van der Waals surface area contributed by atoms with Crippen molar-refractivity contribution in [2.24, 2.45) is 0 Å². The highest BCUT2D eigenvalue weighted by Gasteiger charge is 2.14. The number of aromatic hydroxyl groups is 2.